The molecule has 1 saturated carbocycles. The molecule has 6 rings (SSSR count). The number of nitrogens with one attached hydrogen (secondary N) is 2. The number of Topliss-reactive ketones (excluding diaryl/α,β-unsaturated/α-hetero) is 1. The molecule has 4 aliphatic rings. The summed E-state index contributed by atoms with van der Waals surface area (Å²) in [5.74, 6) is -7.79. The van der Waals surface area contributed by atoms with Crippen molar-refractivity contribution in [3.8, 4) is 0 Å². The predicted octanol–water partition coefficient (Wildman–Crippen LogP) is 7.44. The van der Waals surface area contributed by atoms with Crippen molar-refractivity contribution >= 4 is 44.0 Å². The summed E-state index contributed by atoms with van der Waals surface area (Å²) >= 11 is 0. The van der Waals surface area contributed by atoms with Crippen LogP contribution in [-0.4, -0.2) is 96.9 Å². The van der Waals surface area contributed by atoms with Crippen molar-refractivity contribution in [2.45, 2.75) is 155 Å². The van der Waals surface area contributed by atoms with Crippen molar-refractivity contribution in [2.24, 2.45) is 22.7 Å². The van der Waals surface area contributed by atoms with E-state index < -0.39 is 141 Å². The summed E-state index contributed by atoms with van der Waals surface area (Å²) < 4.78 is 111. The second-order valence-electron chi connectivity index (χ2n) is 18.8. The molecule has 0 aromatic heterocycles. The molecule has 2 aromatic rings. The highest BCUT2D eigenvalue weighted by molar-refractivity contribution is 6.73. The minimum absolute atomic E-state index is 0.0459. The van der Waals surface area contributed by atoms with Gasteiger partial charge in [-0.25, -0.2) is 14.4 Å². The van der Waals surface area contributed by atoms with Crippen LogP contribution >= 0.6 is 0 Å². The molecule has 364 valence electrons. The quantitative estimate of drug-likeness (QED) is 0.0731. The van der Waals surface area contributed by atoms with E-state index in [2.05, 4.69) is 5.32 Å². The van der Waals surface area contributed by atoms with Crippen LogP contribution in [0.3, 0.4) is 0 Å². The summed E-state index contributed by atoms with van der Waals surface area (Å²) in [5.41, 5.74) is -11.3. The molecule has 1 heterocycles. The van der Waals surface area contributed by atoms with Crippen molar-refractivity contribution in [3.63, 3.8) is 0 Å². The Morgan fingerprint density at radius 2 is 1.54 bits per heavy atom. The molecule has 67 heavy (non-hydrogen) atoms. The average molecular weight is 954 g/mol. The summed E-state index contributed by atoms with van der Waals surface area (Å²) in [6.45, 7) is 2.03. The van der Waals surface area contributed by atoms with E-state index in [9.17, 15) is 24.3 Å². The molecule has 0 radical (unpaired) electrons. The van der Waals surface area contributed by atoms with E-state index in [1.165, 1.54) is 50.3 Å². The molecule has 2 amide bonds. The maximum absolute atomic E-state index is 15.7. The summed E-state index contributed by atoms with van der Waals surface area (Å²) in [7, 11) is -3.07. The third-order valence-electron chi connectivity index (χ3n) is 14.5. The number of amides is 2. The fraction of sp³-hybridized carbons (Fsp3) is 0.569. The van der Waals surface area contributed by atoms with Crippen molar-refractivity contribution < 1.29 is 74.3 Å². The molecular formula is C51H68N2O13Si. The van der Waals surface area contributed by atoms with Crippen LogP contribution in [0.4, 0.5) is 4.79 Å². The smallest absolute Gasteiger partial charge is 0.341 e. The molecule has 10 atom stereocenters. The maximum Gasteiger partial charge on any atom is 0.341 e. The Labute approximate surface area is 407 Å². The van der Waals surface area contributed by atoms with Crippen molar-refractivity contribution in [1.29, 1.82) is 0 Å². The van der Waals surface area contributed by atoms with Gasteiger partial charge in [0.15, 0.2) is 31.9 Å². The van der Waals surface area contributed by atoms with Gasteiger partial charge in [-0.2, -0.15) is 0 Å². The Morgan fingerprint density at radius 1 is 0.925 bits per heavy atom. The minimum atomic E-state index is -3.85. The molecule has 16 heteroatoms. The first-order valence-electron chi connectivity index (χ1n) is 27.0. The highest BCUT2D eigenvalue weighted by Crippen LogP contribution is 2.64. The monoisotopic (exact) mass is 954 g/mol. The molecule has 2 fully saturated rings. The normalized spacial score (nSPS) is 32.1. The van der Waals surface area contributed by atoms with Crippen LogP contribution in [0.5, 0.6) is 0 Å². The van der Waals surface area contributed by atoms with Gasteiger partial charge in [-0.15, -0.1) is 0 Å². The highest BCUT2D eigenvalue weighted by Gasteiger charge is 2.76. The zero-order chi connectivity index (χ0) is 57.0. The number of carbonyl (C=O) groups excluding carboxylic acids is 6. The zero-order valence-corrected chi connectivity index (χ0v) is 40.4. The molecule has 3 unspecified atom stereocenters. The van der Waals surface area contributed by atoms with Gasteiger partial charge in [-0.05, 0) is 75.8 Å². The SMILES string of the molecule is [2H]C([2H])([2H])C(NC(=O)N[C@@H](c1ccccc1)[C@@H](O[Si](CC)(CC)CC)C(=O)OC1=C(C)C2[C@@H](OC(C)=O)C(=O)[C@]3(C)C=C[C@H]4OC[C@@]4(OC(C)=O)C3C(OC(=O)c3ccccc3)[C@](O)(C1)C2(C)C)(C([2H])([2H])[2H])C([2H])([2H])[2H]. The van der Waals surface area contributed by atoms with E-state index >= 15 is 9.59 Å². The number of carbonyl (C=O) groups is 6. The molecule has 3 aliphatic carbocycles. The van der Waals surface area contributed by atoms with Crippen LogP contribution in [0.25, 0.3) is 0 Å². The summed E-state index contributed by atoms with van der Waals surface area (Å²) in [6.07, 6.45) is -4.15. The number of fused-ring (bicyclic) bond motifs is 5. The van der Waals surface area contributed by atoms with Gasteiger partial charge in [0, 0.05) is 49.5 Å². The van der Waals surface area contributed by atoms with Gasteiger partial charge in [0.2, 0.25) is 0 Å². The number of esters is 4. The predicted molar refractivity (Wildman–Crippen MR) is 249 cm³/mol. The third kappa shape index (κ3) is 9.51. The first kappa shape index (κ1) is 39.8. The van der Waals surface area contributed by atoms with Gasteiger partial charge < -0.3 is 43.9 Å². The molecule has 15 nitrogen and oxygen atoms in total. The van der Waals surface area contributed by atoms with Gasteiger partial charge in [0.25, 0.3) is 0 Å². The lowest BCUT2D eigenvalue weighted by molar-refractivity contribution is -0.311. The van der Waals surface area contributed by atoms with Gasteiger partial charge in [-0.1, -0.05) is 95.3 Å². The number of rotatable bonds is 14. The van der Waals surface area contributed by atoms with E-state index in [4.69, 9.17) is 40.4 Å². The van der Waals surface area contributed by atoms with E-state index in [1.807, 2.05) is 20.8 Å². The molecule has 2 aromatic carbocycles. The Morgan fingerprint density at radius 3 is 2.07 bits per heavy atom. The number of urea groups is 1. The lowest BCUT2D eigenvalue weighted by Crippen LogP contribution is -2.79. The zero-order valence-electron chi connectivity index (χ0n) is 48.4. The molecule has 3 N–H and O–H groups in total. The molecular weight excluding hydrogens is 877 g/mol. The van der Waals surface area contributed by atoms with Crippen molar-refractivity contribution in [3.05, 3.63) is 95.3 Å². The van der Waals surface area contributed by atoms with Crippen LogP contribution in [-0.2, 0) is 47.3 Å². The Kier molecular flexibility index (Phi) is 11.3. The average Bonchev–Trinajstić information content (AvgIpc) is 3.32. The van der Waals surface area contributed by atoms with Crippen LogP contribution in [0.2, 0.25) is 18.1 Å². The number of allylic oxidation sites excluding steroid dienone is 1. The Bertz CT molecular complexity index is 2580. The maximum atomic E-state index is 15.7. The first-order valence-corrected chi connectivity index (χ1v) is 25.0. The van der Waals surface area contributed by atoms with E-state index in [1.54, 1.807) is 55.6 Å². The fourth-order valence-corrected chi connectivity index (χ4v) is 13.5. The third-order valence-corrected chi connectivity index (χ3v) is 19.2. The molecule has 1 saturated heterocycles. The van der Waals surface area contributed by atoms with Gasteiger partial charge in [0.05, 0.1) is 29.5 Å². The topological polar surface area (TPSA) is 202 Å². The lowest BCUT2D eigenvalue weighted by atomic mass is 9.45. The highest BCUT2D eigenvalue weighted by atomic mass is 28.4. The summed E-state index contributed by atoms with van der Waals surface area (Å²) in [5, 5.41) is 18.3. The first-order chi connectivity index (χ1) is 35.1. The van der Waals surface area contributed by atoms with Gasteiger partial charge >= 0.3 is 29.9 Å². The van der Waals surface area contributed by atoms with Crippen molar-refractivity contribution in [2.75, 3.05) is 6.61 Å². The summed E-state index contributed by atoms with van der Waals surface area (Å²) in [6, 6.07) is 13.3. The minimum Gasteiger partial charge on any atom is -0.455 e. The molecule has 2 bridgehead atoms. The van der Waals surface area contributed by atoms with E-state index in [0.29, 0.717) is 18.1 Å². The standard InChI is InChI=1S/C51H68N2O13Si/c1-13-67(14-2,15-3)66-40(38(33-22-18-16-19-23-33)52-46(59)53-47(7,8)9)45(58)63-35-28-51(60)43(64-44(57)34-24-20-17-21-25-34)41-49(12,27-26-36-50(41,29-61-36)65-32(6)55)42(56)39(62-31(5)54)37(30(35)4)48(51,10)11/h16-27,36-41,43,60H,13-15,28-29H2,1-12H3,(H2,52,53,59)/t36-,37?,38+,39-,40-,41?,43?,49-,50+,51-/m1/s1/i7D3,8D3,9D3. The van der Waals surface area contributed by atoms with Crippen LogP contribution in [0.15, 0.2) is 84.1 Å². The van der Waals surface area contributed by atoms with Gasteiger partial charge in [0.1, 0.15) is 23.6 Å². The number of hydrogen-bond donors (Lipinski definition) is 3. The number of ether oxygens (including phenoxy) is 5. The van der Waals surface area contributed by atoms with Crippen LogP contribution in [0.1, 0.15) is 124 Å². The molecule has 0 spiro atoms. The number of ketones is 1. The number of benzene rings is 2. The number of hydrogen-bond acceptors (Lipinski definition) is 13. The van der Waals surface area contributed by atoms with E-state index in [0.717, 1.165) is 13.8 Å². The van der Waals surface area contributed by atoms with Gasteiger partial charge in [-0.3, -0.25) is 14.4 Å². The second kappa shape index (κ2) is 19.1. The van der Waals surface area contributed by atoms with Crippen LogP contribution in [0, 0.1) is 22.7 Å². The fourth-order valence-electron chi connectivity index (χ4n) is 10.7. The Hall–Kier alpha value is -5.16. The summed E-state index contributed by atoms with van der Waals surface area (Å²) in [4.78, 5) is 86.6. The Balaban J connectivity index is 1.59. The van der Waals surface area contributed by atoms with Crippen molar-refractivity contribution in [1.82, 2.24) is 10.6 Å². The lowest BCUT2D eigenvalue weighted by Gasteiger charge is -2.65. The van der Waals surface area contributed by atoms with E-state index in [-0.39, 0.29) is 29.1 Å². The molecule has 1 aliphatic heterocycles. The largest absolute Gasteiger partial charge is 0.455 e. The second-order valence-corrected chi connectivity index (χ2v) is 23.6. The van der Waals surface area contributed by atoms with Crippen LogP contribution < -0.4 is 10.6 Å². The number of aliphatic hydroxyl groups is 1.